The molecule has 0 aliphatic rings. The quantitative estimate of drug-likeness (QED) is 0.668. The topological polar surface area (TPSA) is 24.1 Å². The molecule has 0 fully saturated rings. The molecule has 0 saturated heterocycles. The standard InChI is InChI=1S/C11H24N2S/c1-5-7-9(3)12-11(14)13-10(4)8-6-2/h9-10H,5-8H2,1-4H3,(H2,12,13,14). The number of nitrogens with one attached hydrogen (secondary N) is 2. The Labute approximate surface area is 93.8 Å². The Hall–Kier alpha value is -0.310. The van der Waals surface area contributed by atoms with E-state index in [1.165, 1.54) is 25.7 Å². The SMILES string of the molecule is CCCC(C)NC(=S)NC(C)CCC. The summed E-state index contributed by atoms with van der Waals surface area (Å²) < 4.78 is 0. The first-order valence-electron chi connectivity index (χ1n) is 5.67. The third-order valence-corrected chi connectivity index (χ3v) is 2.43. The average molecular weight is 216 g/mol. The summed E-state index contributed by atoms with van der Waals surface area (Å²) in [6, 6.07) is 0.961. The van der Waals surface area contributed by atoms with Crippen molar-refractivity contribution in [1.82, 2.24) is 10.6 Å². The Balaban J connectivity index is 3.63. The van der Waals surface area contributed by atoms with Crippen LogP contribution in [0.5, 0.6) is 0 Å². The predicted molar refractivity (Wildman–Crippen MR) is 67.6 cm³/mol. The highest BCUT2D eigenvalue weighted by atomic mass is 32.1. The molecule has 14 heavy (non-hydrogen) atoms. The van der Waals surface area contributed by atoms with Crippen LogP contribution in [0.25, 0.3) is 0 Å². The van der Waals surface area contributed by atoms with Crippen LogP contribution < -0.4 is 10.6 Å². The second-order valence-electron chi connectivity index (χ2n) is 4.00. The van der Waals surface area contributed by atoms with Gasteiger partial charge in [0, 0.05) is 12.1 Å². The van der Waals surface area contributed by atoms with Crippen molar-refractivity contribution in [2.75, 3.05) is 0 Å². The molecule has 0 bridgehead atoms. The van der Waals surface area contributed by atoms with E-state index in [9.17, 15) is 0 Å². The first kappa shape index (κ1) is 13.7. The van der Waals surface area contributed by atoms with E-state index >= 15 is 0 Å². The predicted octanol–water partition coefficient (Wildman–Crippen LogP) is 2.83. The lowest BCUT2D eigenvalue weighted by atomic mass is 10.2. The van der Waals surface area contributed by atoms with E-state index in [0.29, 0.717) is 12.1 Å². The number of rotatable bonds is 6. The maximum atomic E-state index is 5.21. The van der Waals surface area contributed by atoms with E-state index in [2.05, 4.69) is 38.3 Å². The molecule has 0 spiro atoms. The van der Waals surface area contributed by atoms with Crippen LogP contribution in [-0.2, 0) is 0 Å². The molecule has 0 aromatic carbocycles. The van der Waals surface area contributed by atoms with Crippen LogP contribution in [0.2, 0.25) is 0 Å². The van der Waals surface area contributed by atoms with E-state index in [-0.39, 0.29) is 0 Å². The van der Waals surface area contributed by atoms with Crippen molar-refractivity contribution in [1.29, 1.82) is 0 Å². The lowest BCUT2D eigenvalue weighted by molar-refractivity contribution is 0.557. The van der Waals surface area contributed by atoms with Crippen LogP contribution in [0.4, 0.5) is 0 Å². The molecule has 3 heteroatoms. The van der Waals surface area contributed by atoms with E-state index in [1.54, 1.807) is 0 Å². The molecule has 0 aromatic rings. The summed E-state index contributed by atoms with van der Waals surface area (Å²) in [5, 5.41) is 7.38. The van der Waals surface area contributed by atoms with Crippen molar-refractivity contribution in [3.05, 3.63) is 0 Å². The van der Waals surface area contributed by atoms with Crippen molar-refractivity contribution >= 4 is 17.3 Å². The molecule has 84 valence electrons. The number of thiocarbonyl (C=S) groups is 1. The molecule has 0 amide bonds. The van der Waals surface area contributed by atoms with E-state index < -0.39 is 0 Å². The van der Waals surface area contributed by atoms with Crippen molar-refractivity contribution in [3.8, 4) is 0 Å². The third kappa shape index (κ3) is 7.13. The highest BCUT2D eigenvalue weighted by Gasteiger charge is 2.05. The lowest BCUT2D eigenvalue weighted by Crippen LogP contribution is -2.44. The molecular formula is C11H24N2S. The first-order chi connectivity index (χ1) is 6.60. The van der Waals surface area contributed by atoms with Crippen LogP contribution >= 0.6 is 12.2 Å². The Morgan fingerprint density at radius 2 is 1.36 bits per heavy atom. The zero-order chi connectivity index (χ0) is 11.0. The summed E-state index contributed by atoms with van der Waals surface area (Å²) in [6.07, 6.45) is 4.73. The fourth-order valence-electron chi connectivity index (χ4n) is 1.50. The summed E-state index contributed by atoms with van der Waals surface area (Å²) in [5.41, 5.74) is 0. The van der Waals surface area contributed by atoms with Crippen molar-refractivity contribution in [2.45, 2.75) is 65.5 Å². The minimum absolute atomic E-state index is 0.480. The summed E-state index contributed by atoms with van der Waals surface area (Å²) in [4.78, 5) is 0. The summed E-state index contributed by atoms with van der Waals surface area (Å²) in [6.45, 7) is 8.71. The van der Waals surface area contributed by atoms with Crippen molar-refractivity contribution < 1.29 is 0 Å². The van der Waals surface area contributed by atoms with Gasteiger partial charge in [-0.15, -0.1) is 0 Å². The molecule has 0 rings (SSSR count). The first-order valence-corrected chi connectivity index (χ1v) is 6.08. The summed E-state index contributed by atoms with van der Waals surface area (Å²) in [5.74, 6) is 0. The monoisotopic (exact) mass is 216 g/mol. The molecule has 2 unspecified atom stereocenters. The van der Waals surface area contributed by atoms with Gasteiger partial charge in [0.15, 0.2) is 5.11 Å². The largest absolute Gasteiger partial charge is 0.360 e. The minimum atomic E-state index is 0.480. The zero-order valence-electron chi connectivity index (χ0n) is 9.89. The van der Waals surface area contributed by atoms with Gasteiger partial charge in [-0.3, -0.25) is 0 Å². The number of hydrogen-bond donors (Lipinski definition) is 2. The molecule has 0 aromatic heterocycles. The zero-order valence-corrected chi connectivity index (χ0v) is 10.7. The van der Waals surface area contributed by atoms with Gasteiger partial charge in [-0.05, 0) is 38.9 Å². The Bertz CT molecular complexity index is 143. The molecule has 0 radical (unpaired) electrons. The van der Waals surface area contributed by atoms with Crippen LogP contribution in [0.1, 0.15) is 53.4 Å². The Morgan fingerprint density at radius 1 is 1.00 bits per heavy atom. The maximum Gasteiger partial charge on any atom is 0.166 e. The van der Waals surface area contributed by atoms with Gasteiger partial charge in [0.1, 0.15) is 0 Å². The van der Waals surface area contributed by atoms with Crippen LogP contribution in [0.15, 0.2) is 0 Å². The highest BCUT2D eigenvalue weighted by molar-refractivity contribution is 7.80. The normalized spacial score (nSPS) is 14.6. The smallest absolute Gasteiger partial charge is 0.166 e. The fourth-order valence-corrected chi connectivity index (χ4v) is 1.90. The fraction of sp³-hybridized carbons (Fsp3) is 0.909. The number of hydrogen-bond acceptors (Lipinski definition) is 1. The Kier molecular flexibility index (Phi) is 7.86. The van der Waals surface area contributed by atoms with Crippen molar-refractivity contribution in [2.24, 2.45) is 0 Å². The van der Waals surface area contributed by atoms with Gasteiger partial charge >= 0.3 is 0 Å². The van der Waals surface area contributed by atoms with Crippen LogP contribution in [0.3, 0.4) is 0 Å². The van der Waals surface area contributed by atoms with E-state index in [1.807, 2.05) is 0 Å². The highest BCUT2D eigenvalue weighted by Crippen LogP contribution is 1.97. The second kappa shape index (κ2) is 8.04. The molecule has 2 N–H and O–H groups in total. The van der Waals surface area contributed by atoms with Crippen LogP contribution in [-0.4, -0.2) is 17.2 Å². The van der Waals surface area contributed by atoms with Crippen molar-refractivity contribution in [3.63, 3.8) is 0 Å². The second-order valence-corrected chi connectivity index (χ2v) is 4.41. The van der Waals surface area contributed by atoms with E-state index in [0.717, 1.165) is 5.11 Å². The molecule has 0 aliphatic carbocycles. The van der Waals surface area contributed by atoms with Gasteiger partial charge in [-0.1, -0.05) is 26.7 Å². The van der Waals surface area contributed by atoms with Gasteiger partial charge in [0.2, 0.25) is 0 Å². The van der Waals surface area contributed by atoms with Gasteiger partial charge in [-0.25, -0.2) is 0 Å². The average Bonchev–Trinajstić information content (AvgIpc) is 2.03. The maximum absolute atomic E-state index is 5.21. The Morgan fingerprint density at radius 3 is 1.64 bits per heavy atom. The van der Waals surface area contributed by atoms with E-state index in [4.69, 9.17) is 12.2 Å². The van der Waals surface area contributed by atoms with Gasteiger partial charge < -0.3 is 10.6 Å². The molecular weight excluding hydrogens is 192 g/mol. The molecule has 0 aliphatic heterocycles. The minimum Gasteiger partial charge on any atom is -0.360 e. The lowest BCUT2D eigenvalue weighted by Gasteiger charge is -2.19. The summed E-state index contributed by atoms with van der Waals surface area (Å²) in [7, 11) is 0. The third-order valence-electron chi connectivity index (χ3n) is 2.20. The van der Waals surface area contributed by atoms with Crippen LogP contribution in [0, 0.1) is 0 Å². The molecule has 2 atom stereocenters. The summed E-state index contributed by atoms with van der Waals surface area (Å²) >= 11 is 5.21. The molecule has 2 nitrogen and oxygen atoms in total. The molecule has 0 heterocycles. The van der Waals surface area contributed by atoms with Gasteiger partial charge in [-0.2, -0.15) is 0 Å². The molecule has 0 saturated carbocycles. The van der Waals surface area contributed by atoms with Gasteiger partial charge in [0.25, 0.3) is 0 Å². The van der Waals surface area contributed by atoms with Gasteiger partial charge in [0.05, 0.1) is 0 Å².